The van der Waals surface area contributed by atoms with Gasteiger partial charge in [-0.25, -0.2) is 0 Å². The van der Waals surface area contributed by atoms with E-state index in [2.05, 4.69) is 37.2 Å². The number of hydrogen-bond acceptors (Lipinski definition) is 1. The molecule has 0 bridgehead atoms. The number of terminal acetylenes is 1. The number of nitrogens with one attached hydrogen (secondary N) is 1. The van der Waals surface area contributed by atoms with E-state index in [0.29, 0.717) is 6.04 Å². The fourth-order valence-electron chi connectivity index (χ4n) is 1.86. The molecule has 0 radical (unpaired) electrons. The zero-order valence-electron chi connectivity index (χ0n) is 10.5. The Balaban J connectivity index is 2.78. The number of hydrogen-bond donors (Lipinski definition) is 1. The summed E-state index contributed by atoms with van der Waals surface area (Å²) in [6.45, 7) is 4.28. The van der Waals surface area contributed by atoms with Crippen LogP contribution in [0.3, 0.4) is 0 Å². The van der Waals surface area contributed by atoms with Gasteiger partial charge >= 0.3 is 0 Å². The highest BCUT2D eigenvalue weighted by molar-refractivity contribution is 6.30. The minimum Gasteiger partial charge on any atom is -0.297 e. The van der Waals surface area contributed by atoms with E-state index in [1.165, 1.54) is 5.56 Å². The van der Waals surface area contributed by atoms with Gasteiger partial charge < -0.3 is 0 Å². The molecule has 2 unspecified atom stereocenters. The molecule has 0 aromatic heterocycles. The van der Waals surface area contributed by atoms with Crippen molar-refractivity contribution >= 4 is 11.6 Å². The summed E-state index contributed by atoms with van der Waals surface area (Å²) in [5, 5.41) is 4.28. The van der Waals surface area contributed by atoms with Gasteiger partial charge in [-0.3, -0.25) is 5.32 Å². The van der Waals surface area contributed by atoms with Crippen molar-refractivity contribution in [2.24, 2.45) is 0 Å². The average molecular weight is 250 g/mol. The monoisotopic (exact) mass is 249 g/mol. The van der Waals surface area contributed by atoms with Crippen molar-refractivity contribution in [2.75, 3.05) is 0 Å². The van der Waals surface area contributed by atoms with Gasteiger partial charge in [0.15, 0.2) is 0 Å². The lowest BCUT2D eigenvalue weighted by Gasteiger charge is -2.22. The Morgan fingerprint density at radius 3 is 2.41 bits per heavy atom. The van der Waals surface area contributed by atoms with Gasteiger partial charge in [0.2, 0.25) is 0 Å². The Morgan fingerprint density at radius 2 is 1.94 bits per heavy atom. The van der Waals surface area contributed by atoms with Crippen molar-refractivity contribution in [3.05, 3.63) is 34.9 Å². The fraction of sp³-hybridized carbons (Fsp3) is 0.467. The second-order valence-electron chi connectivity index (χ2n) is 4.19. The maximum Gasteiger partial charge on any atom is 0.0689 e. The van der Waals surface area contributed by atoms with E-state index in [4.69, 9.17) is 18.0 Å². The number of rotatable bonds is 6. The maximum atomic E-state index is 5.90. The first-order valence-electron chi connectivity index (χ1n) is 6.18. The summed E-state index contributed by atoms with van der Waals surface area (Å²) in [7, 11) is 0. The Kier molecular flexibility index (Phi) is 6.11. The topological polar surface area (TPSA) is 12.0 Å². The van der Waals surface area contributed by atoms with Crippen LogP contribution in [0.4, 0.5) is 0 Å². The molecule has 0 fully saturated rings. The van der Waals surface area contributed by atoms with Crippen LogP contribution in [0.15, 0.2) is 24.3 Å². The van der Waals surface area contributed by atoms with Crippen molar-refractivity contribution < 1.29 is 0 Å². The second kappa shape index (κ2) is 7.37. The smallest absolute Gasteiger partial charge is 0.0689 e. The Hall–Kier alpha value is -0.970. The molecule has 0 saturated carbocycles. The molecule has 92 valence electrons. The Labute approximate surface area is 110 Å². The summed E-state index contributed by atoms with van der Waals surface area (Å²) in [6, 6.07) is 8.45. The predicted octanol–water partition coefficient (Wildman–Crippen LogP) is 4.18. The summed E-state index contributed by atoms with van der Waals surface area (Å²) in [5.41, 5.74) is 1.25. The summed E-state index contributed by atoms with van der Waals surface area (Å²) in [4.78, 5) is 0. The molecule has 1 nitrogen and oxygen atoms in total. The molecular weight excluding hydrogens is 230 g/mol. The highest BCUT2D eigenvalue weighted by Crippen LogP contribution is 2.21. The van der Waals surface area contributed by atoms with E-state index < -0.39 is 0 Å². The molecule has 0 aliphatic heterocycles. The largest absolute Gasteiger partial charge is 0.297 e. The lowest BCUT2D eigenvalue weighted by molar-refractivity contribution is 0.454. The van der Waals surface area contributed by atoms with Gasteiger partial charge in [0.05, 0.1) is 6.04 Å². The van der Waals surface area contributed by atoms with Crippen LogP contribution in [0.2, 0.25) is 5.02 Å². The molecule has 0 aliphatic rings. The molecule has 2 atom stereocenters. The fourth-order valence-corrected chi connectivity index (χ4v) is 1.98. The van der Waals surface area contributed by atoms with Crippen LogP contribution in [-0.4, -0.2) is 6.04 Å². The lowest BCUT2D eigenvalue weighted by atomic mass is 10.0. The quantitative estimate of drug-likeness (QED) is 0.746. The van der Waals surface area contributed by atoms with E-state index >= 15 is 0 Å². The molecule has 0 aliphatic carbocycles. The summed E-state index contributed by atoms with van der Waals surface area (Å²) < 4.78 is 0. The standard InChI is InChI=1S/C15H20ClN/c1-4-7-15(17-14(5-2)6-3)12-8-10-13(16)11-9-12/h2,8-11,14-15,17H,4,6-7H2,1,3H3. The van der Waals surface area contributed by atoms with Crippen LogP contribution in [0.5, 0.6) is 0 Å². The SMILES string of the molecule is C#CC(CC)NC(CCC)c1ccc(Cl)cc1. The minimum atomic E-state index is 0.141. The summed E-state index contributed by atoms with van der Waals surface area (Å²) in [6.07, 6.45) is 8.65. The molecular formula is C15H20ClN. The third-order valence-electron chi connectivity index (χ3n) is 2.86. The molecule has 0 heterocycles. The normalized spacial score (nSPS) is 14.0. The van der Waals surface area contributed by atoms with Gasteiger partial charge in [-0.2, -0.15) is 0 Å². The zero-order chi connectivity index (χ0) is 12.7. The highest BCUT2D eigenvalue weighted by Gasteiger charge is 2.13. The Bertz CT molecular complexity index is 364. The lowest BCUT2D eigenvalue weighted by Crippen LogP contribution is -2.31. The molecule has 1 aromatic carbocycles. The summed E-state index contributed by atoms with van der Waals surface area (Å²) >= 11 is 5.90. The number of benzene rings is 1. The highest BCUT2D eigenvalue weighted by atomic mass is 35.5. The van der Waals surface area contributed by atoms with Gasteiger partial charge in [-0.05, 0) is 30.5 Å². The van der Waals surface area contributed by atoms with Crippen molar-refractivity contribution in [1.82, 2.24) is 5.32 Å². The molecule has 1 aromatic rings. The molecule has 0 saturated heterocycles. The van der Waals surface area contributed by atoms with E-state index in [1.807, 2.05) is 12.1 Å². The van der Waals surface area contributed by atoms with Gasteiger partial charge in [-0.1, -0.05) is 49.9 Å². The van der Waals surface area contributed by atoms with Crippen molar-refractivity contribution in [2.45, 2.75) is 45.2 Å². The van der Waals surface area contributed by atoms with Gasteiger partial charge in [0, 0.05) is 11.1 Å². The van der Waals surface area contributed by atoms with Crippen LogP contribution in [-0.2, 0) is 0 Å². The first-order valence-corrected chi connectivity index (χ1v) is 6.56. The van der Waals surface area contributed by atoms with Gasteiger partial charge in [0.1, 0.15) is 0 Å². The van der Waals surface area contributed by atoms with E-state index in [-0.39, 0.29) is 6.04 Å². The maximum absolute atomic E-state index is 5.90. The van der Waals surface area contributed by atoms with Crippen molar-refractivity contribution in [3.63, 3.8) is 0 Å². The molecule has 17 heavy (non-hydrogen) atoms. The van der Waals surface area contributed by atoms with E-state index in [9.17, 15) is 0 Å². The van der Waals surface area contributed by atoms with Gasteiger partial charge in [0.25, 0.3) is 0 Å². The second-order valence-corrected chi connectivity index (χ2v) is 4.62. The van der Waals surface area contributed by atoms with E-state index in [1.54, 1.807) is 0 Å². The van der Waals surface area contributed by atoms with Crippen LogP contribution in [0.25, 0.3) is 0 Å². The first kappa shape index (κ1) is 14.1. The summed E-state index contributed by atoms with van der Waals surface area (Å²) in [5.74, 6) is 2.78. The van der Waals surface area contributed by atoms with Gasteiger partial charge in [-0.15, -0.1) is 6.42 Å². The molecule has 0 amide bonds. The average Bonchev–Trinajstić information content (AvgIpc) is 2.35. The van der Waals surface area contributed by atoms with Crippen molar-refractivity contribution in [3.8, 4) is 12.3 Å². The molecule has 1 rings (SSSR count). The molecule has 2 heteroatoms. The first-order chi connectivity index (χ1) is 8.21. The third-order valence-corrected chi connectivity index (χ3v) is 3.11. The van der Waals surface area contributed by atoms with Crippen molar-refractivity contribution in [1.29, 1.82) is 0 Å². The van der Waals surface area contributed by atoms with Crippen LogP contribution >= 0.6 is 11.6 Å². The third kappa shape index (κ3) is 4.42. The number of halogens is 1. The minimum absolute atomic E-state index is 0.141. The predicted molar refractivity (Wildman–Crippen MR) is 75.1 cm³/mol. The molecule has 0 spiro atoms. The van der Waals surface area contributed by atoms with Crippen LogP contribution < -0.4 is 5.32 Å². The molecule has 1 N–H and O–H groups in total. The van der Waals surface area contributed by atoms with Crippen LogP contribution in [0.1, 0.15) is 44.7 Å². The zero-order valence-corrected chi connectivity index (χ0v) is 11.3. The Morgan fingerprint density at radius 1 is 1.29 bits per heavy atom. The van der Waals surface area contributed by atoms with Crippen LogP contribution in [0, 0.1) is 12.3 Å². The van der Waals surface area contributed by atoms with E-state index in [0.717, 1.165) is 24.3 Å².